The summed E-state index contributed by atoms with van der Waals surface area (Å²) >= 11 is 6.24. The molecule has 1 aromatic carbocycles. The first-order chi connectivity index (χ1) is 8.60. The molecule has 0 aliphatic heterocycles. The molecule has 100 valence electrons. The molecule has 0 bridgehead atoms. The second kappa shape index (κ2) is 5.58. The third-order valence-corrected chi connectivity index (χ3v) is 4.61. The maximum atomic E-state index is 13.2. The standard InChI is InChI=1S/C15H21ClFN/c1-3-8-18-10-15(7-6-11(15)2)13-5-4-12(17)9-14(13)16/h4-5,9,11,18H,3,6-8,10H2,1-2H3. The Labute approximate surface area is 114 Å². The lowest BCUT2D eigenvalue weighted by Crippen LogP contribution is -2.50. The smallest absolute Gasteiger partial charge is 0.124 e. The van der Waals surface area contributed by atoms with Gasteiger partial charge in [0, 0.05) is 17.0 Å². The third kappa shape index (κ3) is 2.41. The van der Waals surface area contributed by atoms with Gasteiger partial charge in [0.25, 0.3) is 0 Å². The molecule has 0 radical (unpaired) electrons. The summed E-state index contributed by atoms with van der Waals surface area (Å²) in [5, 5.41) is 4.07. The third-order valence-electron chi connectivity index (χ3n) is 4.30. The van der Waals surface area contributed by atoms with Crippen molar-refractivity contribution in [1.29, 1.82) is 0 Å². The highest BCUT2D eigenvalue weighted by atomic mass is 35.5. The van der Waals surface area contributed by atoms with E-state index < -0.39 is 0 Å². The molecule has 0 saturated heterocycles. The van der Waals surface area contributed by atoms with Gasteiger partial charge in [-0.1, -0.05) is 31.5 Å². The maximum Gasteiger partial charge on any atom is 0.124 e. The van der Waals surface area contributed by atoms with E-state index in [1.165, 1.54) is 18.6 Å². The Hall–Kier alpha value is -0.600. The van der Waals surface area contributed by atoms with Crippen LogP contribution in [0.2, 0.25) is 5.02 Å². The van der Waals surface area contributed by atoms with E-state index >= 15 is 0 Å². The van der Waals surface area contributed by atoms with Gasteiger partial charge in [0.2, 0.25) is 0 Å². The van der Waals surface area contributed by atoms with Gasteiger partial charge in [0.1, 0.15) is 5.82 Å². The van der Waals surface area contributed by atoms with E-state index in [4.69, 9.17) is 11.6 Å². The van der Waals surface area contributed by atoms with E-state index in [1.807, 2.05) is 6.07 Å². The summed E-state index contributed by atoms with van der Waals surface area (Å²) < 4.78 is 13.2. The first-order valence-electron chi connectivity index (χ1n) is 6.76. The van der Waals surface area contributed by atoms with Crippen LogP contribution in [0.25, 0.3) is 0 Å². The molecule has 0 spiro atoms. The Morgan fingerprint density at radius 2 is 2.28 bits per heavy atom. The molecular formula is C15H21ClFN. The van der Waals surface area contributed by atoms with Gasteiger partial charge in [-0.05, 0) is 49.4 Å². The Kier molecular flexibility index (Phi) is 4.29. The van der Waals surface area contributed by atoms with E-state index in [0.717, 1.165) is 31.5 Å². The number of nitrogens with one attached hydrogen (secondary N) is 1. The van der Waals surface area contributed by atoms with E-state index in [9.17, 15) is 4.39 Å². The Morgan fingerprint density at radius 1 is 1.50 bits per heavy atom. The lowest BCUT2D eigenvalue weighted by atomic mass is 9.57. The van der Waals surface area contributed by atoms with Crippen molar-refractivity contribution in [3.8, 4) is 0 Å². The molecule has 0 aromatic heterocycles. The molecule has 1 aliphatic carbocycles. The number of rotatable bonds is 5. The quantitative estimate of drug-likeness (QED) is 0.792. The van der Waals surface area contributed by atoms with Crippen LogP contribution in [0.15, 0.2) is 18.2 Å². The van der Waals surface area contributed by atoms with Crippen LogP contribution < -0.4 is 5.32 Å². The van der Waals surface area contributed by atoms with Crippen LogP contribution in [0.5, 0.6) is 0 Å². The highest BCUT2D eigenvalue weighted by Gasteiger charge is 2.45. The monoisotopic (exact) mass is 269 g/mol. The average molecular weight is 270 g/mol. The lowest BCUT2D eigenvalue weighted by molar-refractivity contribution is 0.134. The summed E-state index contributed by atoms with van der Waals surface area (Å²) in [7, 11) is 0. The van der Waals surface area contributed by atoms with Gasteiger partial charge in [-0.15, -0.1) is 0 Å². The molecule has 1 aliphatic rings. The summed E-state index contributed by atoms with van der Waals surface area (Å²) in [6.07, 6.45) is 3.49. The Bertz CT molecular complexity index is 421. The predicted molar refractivity (Wildman–Crippen MR) is 74.6 cm³/mol. The molecule has 1 aromatic rings. The summed E-state index contributed by atoms with van der Waals surface area (Å²) in [6, 6.07) is 4.82. The number of halogens is 2. The molecule has 18 heavy (non-hydrogen) atoms. The fourth-order valence-electron chi connectivity index (χ4n) is 2.92. The van der Waals surface area contributed by atoms with Crippen molar-refractivity contribution in [3.05, 3.63) is 34.6 Å². The van der Waals surface area contributed by atoms with Crippen LogP contribution in [0, 0.1) is 11.7 Å². The molecule has 1 saturated carbocycles. The van der Waals surface area contributed by atoms with Gasteiger partial charge in [-0.25, -0.2) is 4.39 Å². The zero-order valence-electron chi connectivity index (χ0n) is 11.1. The van der Waals surface area contributed by atoms with Gasteiger partial charge in [-0.2, -0.15) is 0 Å². The molecule has 1 N–H and O–H groups in total. The topological polar surface area (TPSA) is 12.0 Å². The minimum absolute atomic E-state index is 0.0972. The van der Waals surface area contributed by atoms with Crippen LogP contribution in [-0.2, 0) is 5.41 Å². The average Bonchev–Trinajstić information content (AvgIpc) is 2.34. The highest BCUT2D eigenvalue weighted by molar-refractivity contribution is 6.31. The SMILES string of the molecule is CCCNCC1(c2ccc(F)cc2Cl)CCC1C. The van der Waals surface area contributed by atoms with Crippen LogP contribution in [0.4, 0.5) is 4.39 Å². The van der Waals surface area contributed by atoms with Crippen LogP contribution in [0.3, 0.4) is 0 Å². The Balaban J connectivity index is 2.24. The van der Waals surface area contributed by atoms with Crippen molar-refractivity contribution in [2.75, 3.05) is 13.1 Å². The molecule has 2 unspecified atom stereocenters. The van der Waals surface area contributed by atoms with Crippen LogP contribution in [-0.4, -0.2) is 13.1 Å². The number of hydrogen-bond donors (Lipinski definition) is 1. The second-order valence-electron chi connectivity index (χ2n) is 5.40. The van der Waals surface area contributed by atoms with E-state index in [1.54, 1.807) is 0 Å². The highest BCUT2D eigenvalue weighted by Crippen LogP contribution is 2.50. The van der Waals surface area contributed by atoms with Crippen molar-refractivity contribution < 1.29 is 4.39 Å². The first-order valence-corrected chi connectivity index (χ1v) is 7.14. The fraction of sp³-hybridized carbons (Fsp3) is 0.600. The van der Waals surface area contributed by atoms with Gasteiger partial charge >= 0.3 is 0 Å². The fourth-order valence-corrected chi connectivity index (χ4v) is 3.28. The second-order valence-corrected chi connectivity index (χ2v) is 5.80. The van der Waals surface area contributed by atoms with Crippen LogP contribution >= 0.6 is 11.6 Å². The maximum absolute atomic E-state index is 13.2. The van der Waals surface area contributed by atoms with Gasteiger partial charge < -0.3 is 5.32 Å². The van der Waals surface area contributed by atoms with Crippen LogP contribution in [0.1, 0.15) is 38.7 Å². The molecule has 2 atom stereocenters. The van der Waals surface area contributed by atoms with E-state index in [-0.39, 0.29) is 11.2 Å². The van der Waals surface area contributed by atoms with Gasteiger partial charge in [0.05, 0.1) is 0 Å². The summed E-state index contributed by atoms with van der Waals surface area (Å²) in [5.74, 6) is 0.345. The molecule has 0 heterocycles. The molecule has 1 fully saturated rings. The zero-order valence-corrected chi connectivity index (χ0v) is 11.9. The van der Waals surface area contributed by atoms with Crippen molar-refractivity contribution in [2.45, 2.75) is 38.5 Å². The minimum atomic E-state index is -0.257. The van der Waals surface area contributed by atoms with Crippen molar-refractivity contribution in [1.82, 2.24) is 5.32 Å². The van der Waals surface area contributed by atoms with Crippen molar-refractivity contribution in [3.63, 3.8) is 0 Å². The first kappa shape index (κ1) is 13.8. The summed E-state index contributed by atoms with van der Waals surface area (Å²) in [4.78, 5) is 0. The molecule has 3 heteroatoms. The van der Waals surface area contributed by atoms with Crippen molar-refractivity contribution >= 4 is 11.6 Å². The summed E-state index contributed by atoms with van der Waals surface area (Å²) in [6.45, 7) is 6.38. The van der Waals surface area contributed by atoms with Gasteiger partial charge in [0.15, 0.2) is 0 Å². The molecule has 2 rings (SSSR count). The molecule has 1 nitrogen and oxygen atoms in total. The van der Waals surface area contributed by atoms with E-state index in [0.29, 0.717) is 10.9 Å². The molecule has 0 amide bonds. The van der Waals surface area contributed by atoms with E-state index in [2.05, 4.69) is 19.2 Å². The predicted octanol–water partition coefficient (Wildman–Crippen LogP) is 4.15. The Morgan fingerprint density at radius 3 is 2.78 bits per heavy atom. The minimum Gasteiger partial charge on any atom is -0.316 e. The van der Waals surface area contributed by atoms with Crippen molar-refractivity contribution in [2.24, 2.45) is 5.92 Å². The zero-order chi connectivity index (χ0) is 13.2. The molecular weight excluding hydrogens is 249 g/mol. The normalized spacial score (nSPS) is 27.0. The lowest BCUT2D eigenvalue weighted by Gasteiger charge is -2.49. The summed E-state index contributed by atoms with van der Waals surface area (Å²) in [5.41, 5.74) is 1.20. The number of benzene rings is 1. The number of hydrogen-bond acceptors (Lipinski definition) is 1. The van der Waals surface area contributed by atoms with Gasteiger partial charge in [-0.3, -0.25) is 0 Å². The largest absolute Gasteiger partial charge is 0.316 e.